The number of nitrogens with one attached hydrogen (secondary N) is 1. The molecule has 3 nitrogen and oxygen atoms in total. The number of thioether (sulfide) groups is 1. The fraction of sp³-hybridized carbons (Fsp3) is 0.562. The lowest BCUT2D eigenvalue weighted by Gasteiger charge is -2.22. The van der Waals surface area contributed by atoms with Crippen molar-refractivity contribution in [2.45, 2.75) is 43.4 Å². The molecule has 0 bridgehead atoms. The maximum Gasteiger partial charge on any atom is 0.338 e. The summed E-state index contributed by atoms with van der Waals surface area (Å²) in [4.78, 5) is 12.2. The summed E-state index contributed by atoms with van der Waals surface area (Å²) in [6.45, 7) is 0.864. The second-order valence-electron chi connectivity index (χ2n) is 5.41. The van der Waals surface area contributed by atoms with Crippen LogP contribution in [0.2, 0.25) is 0 Å². The number of aromatic carboxylic acids is 1. The maximum atomic E-state index is 11.4. The van der Waals surface area contributed by atoms with Crippen molar-refractivity contribution >= 4 is 23.4 Å². The van der Waals surface area contributed by atoms with Gasteiger partial charge in [-0.25, -0.2) is 4.79 Å². The molecule has 0 amide bonds. The SMILES string of the molecule is CSc1cccc(NCCC2CCCCC2)c1C(=O)O. The highest BCUT2D eigenvalue weighted by Gasteiger charge is 2.16. The Bertz CT molecular complexity index is 456. The van der Waals surface area contributed by atoms with E-state index in [4.69, 9.17) is 0 Å². The lowest BCUT2D eigenvalue weighted by atomic mass is 9.87. The van der Waals surface area contributed by atoms with E-state index in [0.29, 0.717) is 5.56 Å². The fourth-order valence-corrected chi connectivity index (χ4v) is 3.57. The van der Waals surface area contributed by atoms with Crippen LogP contribution in [0.25, 0.3) is 0 Å². The van der Waals surface area contributed by atoms with Gasteiger partial charge < -0.3 is 10.4 Å². The van der Waals surface area contributed by atoms with E-state index in [1.165, 1.54) is 43.9 Å². The predicted octanol–water partition coefficient (Wildman–Crippen LogP) is 4.49. The molecule has 0 spiro atoms. The van der Waals surface area contributed by atoms with Gasteiger partial charge in [0, 0.05) is 17.1 Å². The summed E-state index contributed by atoms with van der Waals surface area (Å²) in [5, 5.41) is 12.7. The van der Waals surface area contributed by atoms with Crippen LogP contribution in [0.1, 0.15) is 48.9 Å². The maximum absolute atomic E-state index is 11.4. The average molecular weight is 293 g/mol. The van der Waals surface area contributed by atoms with Crippen molar-refractivity contribution in [1.82, 2.24) is 0 Å². The highest BCUT2D eigenvalue weighted by molar-refractivity contribution is 7.98. The van der Waals surface area contributed by atoms with Gasteiger partial charge in [0.2, 0.25) is 0 Å². The first kappa shape index (κ1) is 15.2. The first-order chi connectivity index (χ1) is 9.72. The number of anilines is 1. The molecule has 0 aromatic heterocycles. The Balaban J connectivity index is 1.96. The molecule has 2 rings (SSSR count). The smallest absolute Gasteiger partial charge is 0.338 e. The van der Waals surface area contributed by atoms with Crippen molar-refractivity contribution in [1.29, 1.82) is 0 Å². The van der Waals surface area contributed by atoms with Crippen LogP contribution in [0.3, 0.4) is 0 Å². The molecule has 20 heavy (non-hydrogen) atoms. The summed E-state index contributed by atoms with van der Waals surface area (Å²) in [6.07, 6.45) is 9.80. The Kier molecular flexibility index (Phi) is 5.77. The number of rotatable bonds is 6. The molecular weight excluding hydrogens is 270 g/mol. The first-order valence-electron chi connectivity index (χ1n) is 7.36. The van der Waals surface area contributed by atoms with Crippen LogP contribution in [0.4, 0.5) is 5.69 Å². The topological polar surface area (TPSA) is 49.3 Å². The van der Waals surface area contributed by atoms with Gasteiger partial charge in [-0.2, -0.15) is 0 Å². The Labute approximate surface area is 125 Å². The molecule has 1 saturated carbocycles. The molecule has 1 aromatic rings. The van der Waals surface area contributed by atoms with Gasteiger partial charge in [-0.3, -0.25) is 0 Å². The molecule has 2 N–H and O–H groups in total. The molecule has 0 aliphatic heterocycles. The van der Waals surface area contributed by atoms with Gasteiger partial charge in [-0.05, 0) is 30.7 Å². The van der Waals surface area contributed by atoms with Gasteiger partial charge >= 0.3 is 5.97 Å². The lowest BCUT2D eigenvalue weighted by molar-refractivity contribution is 0.0694. The molecule has 0 saturated heterocycles. The van der Waals surface area contributed by atoms with Crippen LogP contribution >= 0.6 is 11.8 Å². The van der Waals surface area contributed by atoms with E-state index >= 15 is 0 Å². The first-order valence-corrected chi connectivity index (χ1v) is 8.59. The summed E-state index contributed by atoms with van der Waals surface area (Å²) in [7, 11) is 0. The van der Waals surface area contributed by atoms with Crippen molar-refractivity contribution < 1.29 is 9.90 Å². The minimum Gasteiger partial charge on any atom is -0.478 e. The molecule has 1 aromatic carbocycles. The second kappa shape index (κ2) is 7.58. The predicted molar refractivity (Wildman–Crippen MR) is 84.9 cm³/mol. The van der Waals surface area contributed by atoms with E-state index in [1.807, 2.05) is 24.5 Å². The zero-order chi connectivity index (χ0) is 14.4. The Morgan fingerprint density at radius 1 is 1.35 bits per heavy atom. The van der Waals surface area contributed by atoms with Crippen molar-refractivity contribution in [2.24, 2.45) is 5.92 Å². The van der Waals surface area contributed by atoms with Gasteiger partial charge in [-0.15, -0.1) is 11.8 Å². The number of hydrogen-bond acceptors (Lipinski definition) is 3. The van der Waals surface area contributed by atoms with Crippen LogP contribution in [-0.4, -0.2) is 23.9 Å². The fourth-order valence-electron chi connectivity index (χ4n) is 2.96. The van der Waals surface area contributed by atoms with Crippen LogP contribution in [-0.2, 0) is 0 Å². The van der Waals surface area contributed by atoms with Crippen molar-refractivity contribution in [2.75, 3.05) is 18.1 Å². The number of carboxylic acid groups (broad SMARTS) is 1. The van der Waals surface area contributed by atoms with E-state index < -0.39 is 5.97 Å². The molecular formula is C16H23NO2S. The Hall–Kier alpha value is -1.16. The van der Waals surface area contributed by atoms with E-state index in [0.717, 1.165) is 29.5 Å². The monoisotopic (exact) mass is 293 g/mol. The zero-order valence-corrected chi connectivity index (χ0v) is 12.8. The van der Waals surface area contributed by atoms with Gasteiger partial charge in [0.05, 0.1) is 5.56 Å². The molecule has 0 heterocycles. The highest BCUT2D eigenvalue weighted by Crippen LogP contribution is 2.29. The third-order valence-corrected chi connectivity index (χ3v) is 4.83. The molecule has 1 fully saturated rings. The largest absolute Gasteiger partial charge is 0.478 e. The summed E-state index contributed by atoms with van der Waals surface area (Å²) >= 11 is 1.48. The number of carbonyl (C=O) groups is 1. The average Bonchev–Trinajstić information content (AvgIpc) is 2.47. The van der Waals surface area contributed by atoms with Gasteiger partial charge in [0.15, 0.2) is 0 Å². The number of hydrogen-bond donors (Lipinski definition) is 2. The zero-order valence-electron chi connectivity index (χ0n) is 12.0. The highest BCUT2D eigenvalue weighted by atomic mass is 32.2. The molecule has 110 valence electrons. The standard InChI is InChI=1S/C16H23NO2S/c1-20-14-9-5-8-13(15(14)16(18)19)17-11-10-12-6-3-2-4-7-12/h5,8-9,12,17H,2-4,6-7,10-11H2,1H3,(H,18,19). The molecule has 4 heteroatoms. The molecule has 1 aliphatic rings. The second-order valence-corrected chi connectivity index (χ2v) is 6.26. The molecule has 1 aliphatic carbocycles. The van der Waals surface area contributed by atoms with Gasteiger partial charge in [0.25, 0.3) is 0 Å². The summed E-state index contributed by atoms with van der Waals surface area (Å²) in [5.74, 6) is -0.0385. The van der Waals surface area contributed by atoms with Crippen LogP contribution in [0.15, 0.2) is 23.1 Å². The van der Waals surface area contributed by atoms with Gasteiger partial charge in [0.1, 0.15) is 0 Å². The third kappa shape index (κ3) is 3.92. The molecule has 0 unspecified atom stereocenters. The van der Waals surface area contributed by atoms with E-state index in [1.54, 1.807) is 0 Å². The molecule has 0 radical (unpaired) electrons. The van der Waals surface area contributed by atoms with E-state index in [9.17, 15) is 9.90 Å². The number of carboxylic acids is 1. The third-order valence-electron chi connectivity index (χ3n) is 4.05. The summed E-state index contributed by atoms with van der Waals surface area (Å²) in [5.41, 5.74) is 1.16. The molecule has 0 atom stereocenters. The summed E-state index contributed by atoms with van der Waals surface area (Å²) in [6, 6.07) is 5.64. The van der Waals surface area contributed by atoms with Crippen molar-refractivity contribution in [3.63, 3.8) is 0 Å². The Morgan fingerprint density at radius 2 is 2.10 bits per heavy atom. The minimum absolute atomic E-state index is 0.406. The minimum atomic E-state index is -0.852. The van der Waals surface area contributed by atoms with Crippen LogP contribution in [0, 0.1) is 5.92 Å². The number of benzene rings is 1. The normalized spacial score (nSPS) is 16.1. The van der Waals surface area contributed by atoms with Crippen molar-refractivity contribution in [3.05, 3.63) is 23.8 Å². The van der Waals surface area contributed by atoms with E-state index in [-0.39, 0.29) is 0 Å². The van der Waals surface area contributed by atoms with E-state index in [2.05, 4.69) is 5.32 Å². The van der Waals surface area contributed by atoms with Gasteiger partial charge in [-0.1, -0.05) is 38.2 Å². The van der Waals surface area contributed by atoms with Crippen molar-refractivity contribution in [3.8, 4) is 0 Å². The summed E-state index contributed by atoms with van der Waals surface area (Å²) < 4.78 is 0. The Morgan fingerprint density at radius 3 is 2.75 bits per heavy atom. The van der Waals surface area contributed by atoms with Crippen LogP contribution in [0.5, 0.6) is 0 Å². The quantitative estimate of drug-likeness (QED) is 0.759. The van der Waals surface area contributed by atoms with Crippen LogP contribution < -0.4 is 5.32 Å². The lowest BCUT2D eigenvalue weighted by Crippen LogP contribution is -2.14.